The van der Waals surface area contributed by atoms with Gasteiger partial charge in [0.1, 0.15) is 15.7 Å². The zero-order valence-electron chi connectivity index (χ0n) is 26.0. The van der Waals surface area contributed by atoms with Gasteiger partial charge in [0.25, 0.3) is 11.1 Å². The van der Waals surface area contributed by atoms with Crippen LogP contribution in [-0.2, 0) is 43.1 Å². The van der Waals surface area contributed by atoms with E-state index >= 15 is 0 Å². The third-order valence-electron chi connectivity index (χ3n) is 6.61. The molecule has 4 N–H and O–H groups in total. The normalized spacial score (nSPS) is 12.0. The van der Waals surface area contributed by atoms with Gasteiger partial charge in [-0.15, -0.1) is 0 Å². The topological polar surface area (TPSA) is 217 Å². The summed E-state index contributed by atoms with van der Waals surface area (Å²) in [5.74, 6) is -2.42. The van der Waals surface area contributed by atoms with Crippen LogP contribution in [0.15, 0.2) is 65.8 Å². The molecule has 1 unspecified atom stereocenters. The molecule has 0 radical (unpaired) electrons. The van der Waals surface area contributed by atoms with Gasteiger partial charge in [0.05, 0.1) is 37.8 Å². The molecule has 13 nitrogen and oxygen atoms in total. The molecule has 0 aliphatic heterocycles. The maximum absolute atomic E-state index is 12.8. The van der Waals surface area contributed by atoms with Crippen LogP contribution < -0.4 is 11.1 Å². The molecule has 4 rings (SSSR count). The van der Waals surface area contributed by atoms with Crippen molar-refractivity contribution in [2.24, 2.45) is 0 Å². The molecule has 0 saturated heterocycles. The minimum absolute atomic E-state index is 0.0728. The molecule has 0 amide bonds. The number of aliphatic carboxylic acids is 2. The molecule has 0 aliphatic rings. The highest BCUT2D eigenvalue weighted by molar-refractivity contribution is 7.91. The van der Waals surface area contributed by atoms with Crippen LogP contribution in [0.2, 0.25) is 20.1 Å². The first-order valence-electron chi connectivity index (χ1n) is 14.0. The van der Waals surface area contributed by atoms with Crippen LogP contribution in [0.1, 0.15) is 61.8 Å². The van der Waals surface area contributed by atoms with Crippen molar-refractivity contribution >= 4 is 79.0 Å². The fourth-order valence-corrected chi connectivity index (χ4v) is 8.74. The van der Waals surface area contributed by atoms with Crippen LogP contribution in [-0.4, -0.2) is 55.2 Å². The smallest absolute Gasteiger partial charge is 0.307 e. The molecule has 4 aromatic rings. The number of halogens is 4. The summed E-state index contributed by atoms with van der Waals surface area (Å²) in [6, 6.07) is 7.90. The van der Waals surface area contributed by atoms with Crippen molar-refractivity contribution in [2.75, 3.05) is 0 Å². The molecular formula is C30H28Cl4N4O9S2. The first-order chi connectivity index (χ1) is 22.7. The number of hydrogen-bond acceptors (Lipinski definition) is 9. The first-order valence-corrected chi connectivity index (χ1v) is 18.1. The number of aromatic nitrogens is 4. The lowest BCUT2D eigenvalue weighted by atomic mass is 10.1. The quantitative estimate of drug-likeness (QED) is 0.154. The van der Waals surface area contributed by atoms with Gasteiger partial charge < -0.3 is 10.2 Å². The van der Waals surface area contributed by atoms with E-state index in [2.05, 4.69) is 20.4 Å². The number of sulfone groups is 1. The highest BCUT2D eigenvalue weighted by atomic mass is 35.5. The number of H-pyrrole nitrogens is 2. The van der Waals surface area contributed by atoms with E-state index in [4.69, 9.17) is 56.6 Å². The largest absolute Gasteiger partial charge is 0.481 e. The van der Waals surface area contributed by atoms with Gasteiger partial charge in [-0.2, -0.15) is 10.2 Å². The van der Waals surface area contributed by atoms with Crippen LogP contribution >= 0.6 is 46.4 Å². The predicted molar refractivity (Wildman–Crippen MR) is 184 cm³/mol. The minimum Gasteiger partial charge on any atom is -0.481 e. The van der Waals surface area contributed by atoms with Crippen LogP contribution in [0, 0.1) is 0 Å². The van der Waals surface area contributed by atoms with Gasteiger partial charge >= 0.3 is 11.9 Å². The molecule has 49 heavy (non-hydrogen) atoms. The van der Waals surface area contributed by atoms with Crippen LogP contribution in [0.4, 0.5) is 0 Å². The third-order valence-corrected chi connectivity index (χ3v) is 11.4. The Morgan fingerprint density at radius 3 is 1.57 bits per heavy atom. The van der Waals surface area contributed by atoms with Crippen LogP contribution in [0.25, 0.3) is 0 Å². The molecule has 0 aliphatic carbocycles. The molecule has 0 saturated carbocycles. The Bertz CT molecular complexity index is 2140. The molecule has 1 atom stereocenters. The van der Waals surface area contributed by atoms with Gasteiger partial charge in [0.15, 0.2) is 10.1 Å². The Labute approximate surface area is 302 Å². The molecule has 2 heterocycles. The average Bonchev–Trinajstić information content (AvgIpc) is 2.96. The zero-order chi connectivity index (χ0) is 37.0. The number of aromatic amines is 2. The van der Waals surface area contributed by atoms with E-state index in [0.29, 0.717) is 11.1 Å². The lowest BCUT2D eigenvalue weighted by molar-refractivity contribution is -0.137. The zero-order valence-corrected chi connectivity index (χ0v) is 30.7. The van der Waals surface area contributed by atoms with Crippen LogP contribution in [0.5, 0.6) is 0 Å². The number of nitrogens with zero attached hydrogens (tertiary/aromatic N) is 2. The summed E-state index contributed by atoms with van der Waals surface area (Å²) in [4.78, 5) is 44.8. The molecular weight excluding hydrogens is 766 g/mol. The highest BCUT2D eigenvalue weighted by Crippen LogP contribution is 2.35. The number of nitrogens with one attached hydrogen (secondary N) is 2. The second-order valence-electron chi connectivity index (χ2n) is 11.0. The number of carboxylic acid groups (broad SMARTS) is 2. The molecule has 0 spiro atoms. The van der Waals surface area contributed by atoms with Gasteiger partial charge in [-0.05, 0) is 59.4 Å². The van der Waals surface area contributed by atoms with Crippen molar-refractivity contribution in [3.05, 3.63) is 99.5 Å². The fraction of sp³-hybridized carbons (Fsp3) is 0.267. The van der Waals surface area contributed by atoms with Gasteiger partial charge in [0, 0.05) is 11.1 Å². The molecule has 19 heteroatoms. The Hall–Kier alpha value is -3.60. The Morgan fingerprint density at radius 1 is 0.735 bits per heavy atom. The molecule has 0 fully saturated rings. The summed E-state index contributed by atoms with van der Waals surface area (Å²) in [6.07, 6.45) is -0.602. The highest BCUT2D eigenvalue weighted by Gasteiger charge is 2.28. The van der Waals surface area contributed by atoms with Gasteiger partial charge in [-0.25, -0.2) is 22.8 Å². The summed E-state index contributed by atoms with van der Waals surface area (Å²) in [6.45, 7) is 7.14. The monoisotopic (exact) mass is 792 g/mol. The Kier molecular flexibility index (Phi) is 13.3. The van der Waals surface area contributed by atoms with E-state index in [1.54, 1.807) is 13.8 Å². The number of benzene rings is 2. The predicted octanol–water partition coefficient (Wildman–Crippen LogP) is 5.65. The fourth-order valence-electron chi connectivity index (χ4n) is 4.31. The number of rotatable bonds is 10. The van der Waals surface area contributed by atoms with E-state index in [-0.39, 0.29) is 76.3 Å². The second-order valence-corrected chi connectivity index (χ2v) is 15.8. The Morgan fingerprint density at radius 2 is 1.14 bits per heavy atom. The lowest BCUT2D eigenvalue weighted by Crippen LogP contribution is -2.19. The average molecular weight is 795 g/mol. The minimum atomic E-state index is -4.21. The summed E-state index contributed by atoms with van der Waals surface area (Å²) in [5, 5.41) is 28.9. The SMILES string of the molecule is CC(C)c1cc(S(=O)(=O)c2c(Cl)cc(CC(=O)O)cc2Cl)n[nH]c1=O.CC(C)c1cc(S(=O)c2c(Cl)cc(CC(=O)O)cc2Cl)n[nH]c1=O. The molecule has 0 bridgehead atoms. The van der Waals surface area contributed by atoms with Crippen molar-refractivity contribution in [3.8, 4) is 0 Å². The van der Waals surface area contributed by atoms with Crippen molar-refractivity contribution in [1.82, 2.24) is 20.4 Å². The van der Waals surface area contributed by atoms with E-state index in [9.17, 15) is 31.8 Å². The second kappa shape index (κ2) is 16.4. The summed E-state index contributed by atoms with van der Waals surface area (Å²) in [7, 11) is -6.03. The van der Waals surface area contributed by atoms with E-state index in [1.165, 1.54) is 36.4 Å². The van der Waals surface area contributed by atoms with Crippen LogP contribution in [0.3, 0.4) is 0 Å². The van der Waals surface area contributed by atoms with Gasteiger partial charge in [-0.3, -0.25) is 19.2 Å². The summed E-state index contributed by atoms with van der Waals surface area (Å²) < 4.78 is 38.4. The molecule has 2 aromatic carbocycles. The Balaban J connectivity index is 0.000000266. The maximum Gasteiger partial charge on any atom is 0.307 e. The van der Waals surface area contributed by atoms with E-state index in [0.717, 1.165) is 0 Å². The van der Waals surface area contributed by atoms with Crippen molar-refractivity contribution in [2.45, 2.75) is 72.2 Å². The number of hydrogen-bond donors (Lipinski definition) is 4. The summed E-state index contributed by atoms with van der Waals surface area (Å²) in [5.41, 5.74) is 0.531. The maximum atomic E-state index is 12.8. The van der Waals surface area contributed by atoms with Crippen molar-refractivity contribution < 1.29 is 32.4 Å². The molecule has 2 aromatic heterocycles. The third kappa shape index (κ3) is 9.77. The van der Waals surface area contributed by atoms with Crippen molar-refractivity contribution in [1.29, 1.82) is 0 Å². The number of carbonyl (C=O) groups is 2. The standard InChI is InChI=1S/C15H14Cl2N2O5S.C15H14Cl2N2O4S/c1-7(2)9-6-12(18-19-15(9)22)25(23,24)14-10(16)3-8(4-11(14)17)5-13(20)21;1-7(2)9-6-12(18-19-15(9)22)24(23)14-10(16)3-8(4-11(14)17)5-13(20)21/h3-4,6-7H,5H2,1-2H3,(H,19,22)(H,20,21);3-4,6-7H,5H2,1-2H3,(H,19,22)(H,20,21). The summed E-state index contributed by atoms with van der Waals surface area (Å²) >= 11 is 24.3. The van der Waals surface area contributed by atoms with E-state index in [1.807, 2.05) is 13.8 Å². The van der Waals surface area contributed by atoms with E-state index < -0.39 is 43.2 Å². The van der Waals surface area contributed by atoms with Crippen molar-refractivity contribution in [3.63, 3.8) is 0 Å². The lowest BCUT2D eigenvalue weighted by Gasteiger charge is -2.11. The number of carboxylic acids is 2. The van der Waals surface area contributed by atoms with Gasteiger partial charge in [0.2, 0.25) is 9.84 Å². The molecule has 262 valence electrons. The first kappa shape index (κ1) is 39.8. The van der Waals surface area contributed by atoms with Gasteiger partial charge in [-0.1, -0.05) is 74.1 Å².